The molecule has 198 valence electrons. The minimum Gasteiger partial charge on any atom is -0.497 e. The number of unbranched alkanes of at least 4 members (excludes halogenated alkanes) is 2. The van der Waals surface area contributed by atoms with Crippen molar-refractivity contribution in [2.24, 2.45) is 5.92 Å². The number of ether oxygens (including phenoxy) is 2. The summed E-state index contributed by atoms with van der Waals surface area (Å²) in [5.41, 5.74) is 2.02. The zero-order valence-corrected chi connectivity index (χ0v) is 22.4. The molecule has 1 heterocycles. The first-order chi connectivity index (χ1) is 17.4. The van der Waals surface area contributed by atoms with E-state index in [1.807, 2.05) is 60.5 Å². The Bertz CT molecular complexity index is 908. The molecule has 1 amide bonds. The molecule has 3 rings (SSSR count). The van der Waals surface area contributed by atoms with Gasteiger partial charge in [-0.2, -0.15) is 0 Å². The van der Waals surface area contributed by atoms with Gasteiger partial charge in [0.2, 0.25) is 6.41 Å². The van der Waals surface area contributed by atoms with Gasteiger partial charge in [-0.25, -0.2) is 0 Å². The summed E-state index contributed by atoms with van der Waals surface area (Å²) in [5, 5.41) is 9.92. The first kappa shape index (κ1) is 29.2. The van der Waals surface area contributed by atoms with Crippen LogP contribution in [-0.2, 0) is 9.59 Å². The molecule has 1 aliphatic rings. The first-order valence-electron chi connectivity index (χ1n) is 12.8. The van der Waals surface area contributed by atoms with Gasteiger partial charge in [0.15, 0.2) is 0 Å². The Morgan fingerprint density at radius 3 is 1.81 bits per heavy atom. The number of carbonyl (C=O) groups excluding carboxylic acids is 1. The highest BCUT2D eigenvalue weighted by molar-refractivity contribution is 5.73. The Hall–Kier alpha value is -3.06. The highest BCUT2D eigenvalue weighted by Gasteiger charge is 2.45. The van der Waals surface area contributed by atoms with Crippen LogP contribution < -0.4 is 9.47 Å². The number of hydrogen-bond donors (Lipinski definition) is 1. The van der Waals surface area contributed by atoms with E-state index in [0.717, 1.165) is 67.8 Å². The van der Waals surface area contributed by atoms with Crippen molar-refractivity contribution in [1.29, 1.82) is 0 Å². The number of carboxylic acid groups (broad SMARTS) is 1. The lowest BCUT2D eigenvalue weighted by molar-refractivity contribution is -0.143. The molecule has 3 unspecified atom stereocenters. The molecule has 3 atom stereocenters. The Kier molecular flexibility index (Phi) is 12.3. The lowest BCUT2D eigenvalue weighted by atomic mass is 9.83. The zero-order valence-electron chi connectivity index (χ0n) is 22.4. The summed E-state index contributed by atoms with van der Waals surface area (Å²) < 4.78 is 10.4. The molecule has 0 saturated carbocycles. The van der Waals surface area contributed by atoms with Crippen LogP contribution in [0.25, 0.3) is 0 Å². The number of methoxy groups -OCH3 is 2. The van der Waals surface area contributed by atoms with Crippen LogP contribution in [0.15, 0.2) is 48.5 Å². The van der Waals surface area contributed by atoms with Crippen LogP contribution in [-0.4, -0.2) is 68.2 Å². The number of carboxylic acids is 1. The second-order valence-corrected chi connectivity index (χ2v) is 9.25. The molecule has 7 nitrogen and oxygen atoms in total. The average molecular weight is 499 g/mol. The molecule has 1 aliphatic heterocycles. The van der Waals surface area contributed by atoms with E-state index in [1.54, 1.807) is 14.2 Å². The molecule has 2 aromatic carbocycles. The maximum atomic E-state index is 12.1. The smallest absolute Gasteiger partial charge is 0.309 e. The van der Waals surface area contributed by atoms with Crippen molar-refractivity contribution >= 4 is 12.4 Å². The fourth-order valence-electron chi connectivity index (χ4n) is 4.71. The Morgan fingerprint density at radius 2 is 1.42 bits per heavy atom. The van der Waals surface area contributed by atoms with Crippen molar-refractivity contribution in [3.8, 4) is 11.5 Å². The van der Waals surface area contributed by atoms with Crippen LogP contribution in [0.5, 0.6) is 11.5 Å². The van der Waals surface area contributed by atoms with E-state index in [1.165, 1.54) is 0 Å². The maximum Gasteiger partial charge on any atom is 0.309 e. The van der Waals surface area contributed by atoms with Crippen LogP contribution in [0.4, 0.5) is 0 Å². The number of aliphatic carboxylic acids is 1. The molecule has 1 saturated heterocycles. The lowest BCUT2D eigenvalue weighted by Gasteiger charge is -2.24. The Morgan fingerprint density at radius 1 is 0.944 bits per heavy atom. The quantitative estimate of drug-likeness (QED) is 0.404. The summed E-state index contributed by atoms with van der Waals surface area (Å²) in [5.74, 6) is 0.190. The van der Waals surface area contributed by atoms with Crippen LogP contribution in [0.2, 0.25) is 0 Å². The second-order valence-electron chi connectivity index (χ2n) is 9.25. The largest absolute Gasteiger partial charge is 0.497 e. The normalized spacial score (nSPS) is 19.2. The van der Waals surface area contributed by atoms with Gasteiger partial charge in [-0.05, 0) is 55.3 Å². The zero-order chi connectivity index (χ0) is 26.5. The van der Waals surface area contributed by atoms with Crippen molar-refractivity contribution in [2.75, 3.05) is 40.9 Å². The van der Waals surface area contributed by atoms with Gasteiger partial charge in [0.25, 0.3) is 0 Å². The Labute approximate surface area is 216 Å². The van der Waals surface area contributed by atoms with Gasteiger partial charge in [0, 0.05) is 31.6 Å². The standard InChI is InChI=1S/C20H23NO4.C9H19NO/c1-21-12-17(13-4-8-15(24-2)9-5-13)18(20(22)23)19(21)14-6-10-16(25-3)11-7-14;1-3-5-7-10(9-11)8-6-4-2/h4-11,17-19H,12H2,1-3H3,(H,22,23);9H,3-8H2,1-2H3. The fourth-order valence-corrected chi connectivity index (χ4v) is 4.71. The summed E-state index contributed by atoms with van der Waals surface area (Å²) in [4.78, 5) is 26.5. The van der Waals surface area contributed by atoms with Gasteiger partial charge in [-0.1, -0.05) is 51.0 Å². The monoisotopic (exact) mass is 498 g/mol. The summed E-state index contributed by atoms with van der Waals surface area (Å²) in [6.45, 7) is 6.84. The van der Waals surface area contributed by atoms with E-state index < -0.39 is 11.9 Å². The highest BCUT2D eigenvalue weighted by Crippen LogP contribution is 2.45. The van der Waals surface area contributed by atoms with Crippen LogP contribution in [0.1, 0.15) is 62.6 Å². The van der Waals surface area contributed by atoms with Gasteiger partial charge in [-0.15, -0.1) is 0 Å². The predicted molar refractivity (Wildman–Crippen MR) is 143 cm³/mol. The van der Waals surface area contributed by atoms with Crippen LogP contribution in [0.3, 0.4) is 0 Å². The lowest BCUT2D eigenvalue weighted by Crippen LogP contribution is -2.26. The van der Waals surface area contributed by atoms with E-state index in [9.17, 15) is 14.7 Å². The predicted octanol–water partition coefficient (Wildman–Crippen LogP) is 5.22. The number of carbonyl (C=O) groups is 2. The molecule has 1 N–H and O–H groups in total. The molecule has 36 heavy (non-hydrogen) atoms. The molecular formula is C29H42N2O5. The Balaban J connectivity index is 0.000000352. The van der Waals surface area contributed by atoms with E-state index in [2.05, 4.69) is 18.7 Å². The maximum absolute atomic E-state index is 12.1. The van der Waals surface area contributed by atoms with E-state index in [4.69, 9.17) is 9.47 Å². The number of rotatable bonds is 12. The van der Waals surface area contributed by atoms with Gasteiger partial charge < -0.3 is 19.5 Å². The third-order valence-electron chi connectivity index (χ3n) is 6.77. The summed E-state index contributed by atoms with van der Waals surface area (Å²) in [6.07, 6.45) is 5.54. The van der Waals surface area contributed by atoms with E-state index >= 15 is 0 Å². The molecule has 0 radical (unpaired) electrons. The minimum absolute atomic E-state index is 0.0690. The summed E-state index contributed by atoms with van der Waals surface area (Å²) in [6, 6.07) is 15.2. The molecule has 1 fully saturated rings. The number of benzene rings is 2. The topological polar surface area (TPSA) is 79.3 Å². The van der Waals surface area contributed by atoms with Crippen molar-refractivity contribution in [3.63, 3.8) is 0 Å². The molecule has 2 aromatic rings. The van der Waals surface area contributed by atoms with E-state index in [0.29, 0.717) is 6.54 Å². The SMILES string of the molecule is CCCCN(C=O)CCCC.COc1ccc(C2CN(C)C(c3ccc(OC)cc3)C2C(=O)O)cc1. The number of amides is 1. The van der Waals surface area contributed by atoms with Gasteiger partial charge in [0.1, 0.15) is 11.5 Å². The van der Waals surface area contributed by atoms with Gasteiger partial charge in [0.05, 0.1) is 20.1 Å². The fraction of sp³-hybridized carbons (Fsp3) is 0.517. The number of likely N-dealkylation sites (N-methyl/N-ethyl adjacent to an activating group) is 1. The molecule has 0 spiro atoms. The van der Waals surface area contributed by atoms with Crippen LogP contribution >= 0.6 is 0 Å². The molecule has 0 aromatic heterocycles. The van der Waals surface area contributed by atoms with Crippen molar-refractivity contribution in [2.45, 2.75) is 51.5 Å². The number of nitrogens with zero attached hydrogens (tertiary/aromatic N) is 2. The summed E-state index contributed by atoms with van der Waals surface area (Å²) >= 11 is 0. The van der Waals surface area contributed by atoms with Gasteiger partial charge in [-0.3, -0.25) is 14.5 Å². The van der Waals surface area contributed by atoms with E-state index in [-0.39, 0.29) is 12.0 Å². The van der Waals surface area contributed by atoms with Gasteiger partial charge >= 0.3 is 5.97 Å². The van der Waals surface area contributed by atoms with Crippen molar-refractivity contribution < 1.29 is 24.2 Å². The molecule has 0 aliphatic carbocycles. The third kappa shape index (κ3) is 7.98. The third-order valence-corrected chi connectivity index (χ3v) is 6.77. The second kappa shape index (κ2) is 15.1. The molecular weight excluding hydrogens is 456 g/mol. The average Bonchev–Trinajstić information content (AvgIpc) is 3.26. The molecule has 7 heteroatoms. The van der Waals surface area contributed by atoms with Crippen LogP contribution in [0, 0.1) is 5.92 Å². The minimum atomic E-state index is -0.772. The number of hydrogen-bond acceptors (Lipinski definition) is 5. The highest BCUT2D eigenvalue weighted by atomic mass is 16.5. The number of likely N-dealkylation sites (tertiary alicyclic amines) is 1. The molecule has 0 bridgehead atoms. The van der Waals surface area contributed by atoms with Crippen molar-refractivity contribution in [1.82, 2.24) is 9.80 Å². The first-order valence-corrected chi connectivity index (χ1v) is 12.8. The van der Waals surface area contributed by atoms with Crippen molar-refractivity contribution in [3.05, 3.63) is 59.7 Å². The summed E-state index contributed by atoms with van der Waals surface area (Å²) in [7, 11) is 5.23.